The maximum absolute atomic E-state index is 10.8. The Morgan fingerprint density at radius 1 is 1.36 bits per heavy atom. The quantitative estimate of drug-likeness (QED) is 0.602. The zero-order valence-corrected chi connectivity index (χ0v) is 9.21. The summed E-state index contributed by atoms with van der Waals surface area (Å²) in [5.74, 6) is 0.248. The van der Waals surface area contributed by atoms with Gasteiger partial charge in [0.1, 0.15) is 6.29 Å². The maximum atomic E-state index is 10.8. The second kappa shape index (κ2) is 3.34. The molecule has 0 aromatic carbocycles. The van der Waals surface area contributed by atoms with Crippen molar-refractivity contribution in [3.8, 4) is 0 Å². The van der Waals surface area contributed by atoms with Crippen LogP contribution in [-0.4, -0.2) is 18.5 Å². The monoisotopic (exact) mass is 196 g/mol. The summed E-state index contributed by atoms with van der Waals surface area (Å²) in [7, 11) is 0. The van der Waals surface area contributed by atoms with E-state index in [1.54, 1.807) is 0 Å². The normalized spacial score (nSPS) is 41.4. The van der Waals surface area contributed by atoms with E-state index in [9.17, 15) is 4.79 Å². The van der Waals surface area contributed by atoms with Gasteiger partial charge in [-0.05, 0) is 37.5 Å². The standard InChI is InChI=1S/C12H20O2/c1-11(2)4-5-12(9-11)7-10(8-13)3-6-14-12/h8,10H,3-7,9H2,1-2H3. The Kier molecular flexibility index (Phi) is 2.42. The Morgan fingerprint density at radius 2 is 2.14 bits per heavy atom. The van der Waals surface area contributed by atoms with Crippen LogP contribution >= 0.6 is 0 Å². The molecule has 14 heavy (non-hydrogen) atoms. The first-order chi connectivity index (χ1) is 6.55. The molecule has 0 N–H and O–H groups in total. The Labute approximate surface area is 86.0 Å². The summed E-state index contributed by atoms with van der Waals surface area (Å²) in [5, 5.41) is 0. The highest BCUT2D eigenvalue weighted by Crippen LogP contribution is 2.50. The number of rotatable bonds is 1. The molecule has 0 bridgehead atoms. The van der Waals surface area contributed by atoms with Gasteiger partial charge < -0.3 is 9.53 Å². The van der Waals surface area contributed by atoms with Crippen molar-refractivity contribution >= 4 is 6.29 Å². The van der Waals surface area contributed by atoms with Gasteiger partial charge in [0, 0.05) is 12.5 Å². The Balaban J connectivity index is 2.06. The first-order valence-corrected chi connectivity index (χ1v) is 5.65. The second-order valence-corrected chi connectivity index (χ2v) is 5.76. The minimum absolute atomic E-state index is 0.0489. The Bertz CT molecular complexity index is 234. The van der Waals surface area contributed by atoms with Crippen LogP contribution in [0.25, 0.3) is 0 Å². The zero-order chi connectivity index (χ0) is 10.2. The van der Waals surface area contributed by atoms with E-state index in [1.807, 2.05) is 0 Å². The maximum Gasteiger partial charge on any atom is 0.123 e. The molecule has 80 valence electrons. The first kappa shape index (κ1) is 10.2. The molecule has 1 saturated heterocycles. The van der Waals surface area contributed by atoms with Crippen LogP contribution in [-0.2, 0) is 9.53 Å². The lowest BCUT2D eigenvalue weighted by Gasteiger charge is -2.37. The van der Waals surface area contributed by atoms with Crippen molar-refractivity contribution < 1.29 is 9.53 Å². The number of ether oxygens (including phenoxy) is 1. The molecular formula is C12H20O2. The highest BCUT2D eigenvalue weighted by Gasteiger charge is 2.46. The van der Waals surface area contributed by atoms with Crippen molar-refractivity contribution in [3.05, 3.63) is 0 Å². The lowest BCUT2D eigenvalue weighted by Crippen LogP contribution is -2.38. The Hall–Kier alpha value is -0.370. The van der Waals surface area contributed by atoms with Crippen molar-refractivity contribution in [1.29, 1.82) is 0 Å². The van der Waals surface area contributed by atoms with Gasteiger partial charge in [-0.3, -0.25) is 0 Å². The summed E-state index contributed by atoms with van der Waals surface area (Å²) in [6, 6.07) is 0. The van der Waals surface area contributed by atoms with Crippen LogP contribution in [0, 0.1) is 11.3 Å². The number of hydrogen-bond donors (Lipinski definition) is 0. The molecule has 0 amide bonds. The fourth-order valence-electron chi connectivity index (χ4n) is 3.09. The molecule has 0 aromatic heterocycles. The molecule has 2 fully saturated rings. The van der Waals surface area contributed by atoms with Crippen molar-refractivity contribution in [2.45, 2.75) is 51.6 Å². The molecule has 1 spiro atoms. The first-order valence-electron chi connectivity index (χ1n) is 5.65. The van der Waals surface area contributed by atoms with Crippen LogP contribution in [0.1, 0.15) is 46.0 Å². The molecule has 1 aliphatic carbocycles. The second-order valence-electron chi connectivity index (χ2n) is 5.76. The van der Waals surface area contributed by atoms with E-state index in [2.05, 4.69) is 13.8 Å². The van der Waals surface area contributed by atoms with Gasteiger partial charge in [-0.25, -0.2) is 0 Å². The van der Waals surface area contributed by atoms with Crippen LogP contribution < -0.4 is 0 Å². The average Bonchev–Trinajstić information content (AvgIpc) is 2.42. The summed E-state index contributed by atoms with van der Waals surface area (Å²) in [4.78, 5) is 10.8. The number of carbonyl (C=O) groups excluding carboxylic acids is 1. The van der Waals surface area contributed by atoms with Gasteiger partial charge >= 0.3 is 0 Å². The van der Waals surface area contributed by atoms with E-state index in [1.165, 1.54) is 6.42 Å². The van der Waals surface area contributed by atoms with Gasteiger partial charge in [0.2, 0.25) is 0 Å². The van der Waals surface area contributed by atoms with E-state index in [0.717, 1.165) is 38.6 Å². The summed E-state index contributed by atoms with van der Waals surface area (Å²) in [6.07, 6.45) is 6.51. The van der Waals surface area contributed by atoms with Crippen LogP contribution in [0.5, 0.6) is 0 Å². The number of aldehydes is 1. The smallest absolute Gasteiger partial charge is 0.123 e. The van der Waals surface area contributed by atoms with E-state index >= 15 is 0 Å². The van der Waals surface area contributed by atoms with Crippen molar-refractivity contribution in [1.82, 2.24) is 0 Å². The van der Waals surface area contributed by atoms with Gasteiger partial charge in [-0.2, -0.15) is 0 Å². The summed E-state index contributed by atoms with van der Waals surface area (Å²) >= 11 is 0. The van der Waals surface area contributed by atoms with Crippen LogP contribution in [0.3, 0.4) is 0 Å². The molecule has 1 saturated carbocycles. The highest BCUT2D eigenvalue weighted by atomic mass is 16.5. The van der Waals surface area contributed by atoms with Crippen molar-refractivity contribution in [2.24, 2.45) is 11.3 Å². The largest absolute Gasteiger partial charge is 0.375 e. The molecule has 2 rings (SSSR count). The third-order valence-corrected chi connectivity index (χ3v) is 3.78. The van der Waals surface area contributed by atoms with Crippen molar-refractivity contribution in [3.63, 3.8) is 0 Å². The fourth-order valence-corrected chi connectivity index (χ4v) is 3.09. The van der Waals surface area contributed by atoms with Gasteiger partial charge in [0.15, 0.2) is 0 Å². The summed E-state index contributed by atoms with van der Waals surface area (Å²) in [5.41, 5.74) is 0.456. The van der Waals surface area contributed by atoms with Gasteiger partial charge in [0.05, 0.1) is 5.60 Å². The third kappa shape index (κ3) is 1.85. The summed E-state index contributed by atoms with van der Waals surface area (Å²) in [6.45, 7) is 5.38. The highest BCUT2D eigenvalue weighted by molar-refractivity contribution is 5.53. The minimum Gasteiger partial charge on any atom is -0.375 e. The molecule has 2 aliphatic rings. The minimum atomic E-state index is 0.0489. The van der Waals surface area contributed by atoms with E-state index in [-0.39, 0.29) is 11.5 Å². The van der Waals surface area contributed by atoms with E-state index in [0.29, 0.717) is 5.41 Å². The average molecular weight is 196 g/mol. The van der Waals surface area contributed by atoms with Gasteiger partial charge in [0.25, 0.3) is 0 Å². The van der Waals surface area contributed by atoms with E-state index < -0.39 is 0 Å². The third-order valence-electron chi connectivity index (χ3n) is 3.78. The van der Waals surface area contributed by atoms with Crippen LogP contribution in [0.4, 0.5) is 0 Å². The fraction of sp³-hybridized carbons (Fsp3) is 0.917. The van der Waals surface area contributed by atoms with E-state index in [4.69, 9.17) is 4.74 Å². The molecule has 2 unspecified atom stereocenters. The number of hydrogen-bond acceptors (Lipinski definition) is 2. The predicted molar refractivity (Wildman–Crippen MR) is 55.1 cm³/mol. The molecule has 2 nitrogen and oxygen atoms in total. The molecule has 2 atom stereocenters. The Morgan fingerprint density at radius 3 is 2.71 bits per heavy atom. The summed E-state index contributed by atoms with van der Waals surface area (Å²) < 4.78 is 5.94. The lowest BCUT2D eigenvalue weighted by atomic mass is 9.82. The number of carbonyl (C=O) groups is 1. The SMILES string of the molecule is CC1(C)CCC2(CC(C=O)CCO2)C1. The molecule has 0 radical (unpaired) electrons. The topological polar surface area (TPSA) is 26.3 Å². The molecule has 1 aliphatic heterocycles. The lowest BCUT2D eigenvalue weighted by molar-refractivity contribution is -0.126. The van der Waals surface area contributed by atoms with Crippen molar-refractivity contribution in [2.75, 3.05) is 6.61 Å². The molecule has 0 aromatic rings. The van der Waals surface area contributed by atoms with Crippen LogP contribution in [0.15, 0.2) is 0 Å². The van der Waals surface area contributed by atoms with Gasteiger partial charge in [-0.15, -0.1) is 0 Å². The van der Waals surface area contributed by atoms with Crippen LogP contribution in [0.2, 0.25) is 0 Å². The molecule has 2 heteroatoms. The van der Waals surface area contributed by atoms with Gasteiger partial charge in [-0.1, -0.05) is 13.8 Å². The molecule has 1 heterocycles. The molecular weight excluding hydrogens is 176 g/mol. The zero-order valence-electron chi connectivity index (χ0n) is 9.21. The predicted octanol–water partition coefficient (Wildman–Crippen LogP) is 2.56.